The van der Waals surface area contributed by atoms with Crippen molar-refractivity contribution in [2.24, 2.45) is 4.99 Å². The Labute approximate surface area is 216 Å². The van der Waals surface area contributed by atoms with Crippen LogP contribution in [0.2, 0.25) is 0 Å². The first-order valence-electron chi connectivity index (χ1n) is 12.2. The van der Waals surface area contributed by atoms with Crippen molar-refractivity contribution in [2.75, 3.05) is 62.8 Å². The number of nitrogens with one attached hydrogen (secondary N) is 1. The molecule has 0 saturated carbocycles. The number of hydrogen-bond donors (Lipinski definition) is 7. The van der Waals surface area contributed by atoms with Crippen LogP contribution in [0.3, 0.4) is 0 Å². The molecule has 7 N–H and O–H groups in total. The fourth-order valence-corrected chi connectivity index (χ4v) is 4.12. The lowest BCUT2D eigenvalue weighted by atomic mass is 10.1. The van der Waals surface area contributed by atoms with E-state index in [0.717, 1.165) is 5.69 Å². The monoisotopic (exact) mass is 512 g/mol. The maximum atomic E-state index is 10.6. The number of aliphatic imine (C=N–C) groups is 1. The van der Waals surface area contributed by atoms with E-state index in [2.05, 4.69) is 10.3 Å². The third-order valence-corrected chi connectivity index (χ3v) is 6.11. The Morgan fingerprint density at radius 2 is 1.38 bits per heavy atom. The van der Waals surface area contributed by atoms with Crippen molar-refractivity contribution in [1.82, 2.24) is 4.90 Å². The minimum absolute atomic E-state index is 0.0120. The Morgan fingerprint density at radius 3 is 1.92 bits per heavy atom. The number of rotatable bonds is 13. The Morgan fingerprint density at radius 1 is 0.811 bits per heavy atom. The summed E-state index contributed by atoms with van der Waals surface area (Å²) in [6.45, 7) is 3.20. The van der Waals surface area contributed by atoms with Crippen molar-refractivity contribution in [3.05, 3.63) is 60.2 Å². The van der Waals surface area contributed by atoms with Crippen molar-refractivity contribution >= 4 is 28.5 Å². The Balaban J connectivity index is 1.81. The van der Waals surface area contributed by atoms with Gasteiger partial charge in [-0.05, 0) is 49.4 Å². The molecule has 0 fully saturated rings. The summed E-state index contributed by atoms with van der Waals surface area (Å²) in [6, 6.07) is 8.83. The predicted octanol–water partition coefficient (Wildman–Crippen LogP) is 1.79. The second-order valence-electron chi connectivity index (χ2n) is 8.60. The minimum atomic E-state index is -0.124. The highest BCUT2D eigenvalue weighted by atomic mass is 16.3. The zero-order valence-corrected chi connectivity index (χ0v) is 21.0. The molecule has 0 atom stereocenters. The molecular formula is C27H36N4O6. The molecule has 1 aliphatic carbocycles. The Bertz CT molecular complexity index is 1090. The second kappa shape index (κ2) is 13.8. The van der Waals surface area contributed by atoms with Gasteiger partial charge in [-0.3, -0.25) is 4.90 Å². The lowest BCUT2D eigenvalue weighted by molar-refractivity contribution is 0.153. The number of aliphatic hydroxyl groups excluding tert-OH is 4. The minimum Gasteiger partial charge on any atom is -0.505 e. The number of aliphatic hydroxyl groups is 4. The maximum Gasteiger partial charge on any atom is 0.147 e. The topological polar surface area (TPSA) is 152 Å². The molecule has 0 unspecified atom stereocenters. The molecule has 0 heterocycles. The van der Waals surface area contributed by atoms with Crippen LogP contribution in [0, 0.1) is 6.92 Å². The summed E-state index contributed by atoms with van der Waals surface area (Å²) in [7, 11) is 0. The van der Waals surface area contributed by atoms with E-state index in [-0.39, 0.29) is 55.2 Å². The molecule has 1 aliphatic rings. The zero-order valence-electron chi connectivity index (χ0n) is 21.0. The number of phenols is 2. The molecule has 2 aromatic rings. The van der Waals surface area contributed by atoms with Crippen LogP contribution in [0.25, 0.3) is 0 Å². The number of phenolic OH excluding ortho intramolecular Hbond substituents is 2. The first-order valence-corrected chi connectivity index (χ1v) is 12.2. The summed E-state index contributed by atoms with van der Waals surface area (Å²) < 4.78 is 0. The molecule has 2 aromatic carbocycles. The van der Waals surface area contributed by atoms with Crippen molar-refractivity contribution < 1.29 is 30.6 Å². The van der Waals surface area contributed by atoms with Gasteiger partial charge < -0.3 is 40.9 Å². The van der Waals surface area contributed by atoms with Crippen LogP contribution in [-0.4, -0.2) is 99.9 Å². The van der Waals surface area contributed by atoms with Gasteiger partial charge in [-0.1, -0.05) is 12.2 Å². The van der Waals surface area contributed by atoms with Crippen LogP contribution in [0.15, 0.2) is 59.6 Å². The van der Waals surface area contributed by atoms with Gasteiger partial charge in [0.1, 0.15) is 17.2 Å². The molecular weight excluding hydrogens is 476 g/mol. The van der Waals surface area contributed by atoms with E-state index in [4.69, 9.17) is 0 Å². The predicted molar refractivity (Wildman–Crippen MR) is 146 cm³/mol. The highest BCUT2D eigenvalue weighted by Crippen LogP contribution is 2.42. The molecule has 0 saturated heterocycles. The Hall–Kier alpha value is -3.41. The summed E-state index contributed by atoms with van der Waals surface area (Å²) in [5.74, 6) is -0.216. The van der Waals surface area contributed by atoms with Crippen LogP contribution >= 0.6 is 0 Å². The first-order chi connectivity index (χ1) is 17.9. The fourth-order valence-electron chi connectivity index (χ4n) is 4.12. The number of anilines is 3. The maximum absolute atomic E-state index is 10.6. The van der Waals surface area contributed by atoms with Gasteiger partial charge in [-0.2, -0.15) is 0 Å². The molecule has 0 aliphatic heterocycles. The van der Waals surface area contributed by atoms with Gasteiger partial charge in [-0.25, -0.2) is 4.99 Å². The summed E-state index contributed by atoms with van der Waals surface area (Å²) >= 11 is 0. The van der Waals surface area contributed by atoms with E-state index in [1.807, 2.05) is 58.4 Å². The van der Waals surface area contributed by atoms with Gasteiger partial charge in [0.2, 0.25) is 0 Å². The van der Waals surface area contributed by atoms with Gasteiger partial charge in [0.05, 0.1) is 37.8 Å². The van der Waals surface area contributed by atoms with Crippen molar-refractivity contribution in [1.29, 1.82) is 0 Å². The van der Waals surface area contributed by atoms with Crippen LogP contribution in [-0.2, 0) is 0 Å². The lowest BCUT2D eigenvalue weighted by Gasteiger charge is -2.27. The molecule has 37 heavy (non-hydrogen) atoms. The molecule has 0 bridgehead atoms. The third kappa shape index (κ3) is 7.31. The summed E-state index contributed by atoms with van der Waals surface area (Å²) in [6.07, 6.45) is 7.44. The van der Waals surface area contributed by atoms with E-state index in [1.54, 1.807) is 13.0 Å². The van der Waals surface area contributed by atoms with Gasteiger partial charge in [-0.15, -0.1) is 0 Å². The lowest BCUT2D eigenvalue weighted by Crippen LogP contribution is -2.38. The number of aromatic hydroxyl groups is 2. The van der Waals surface area contributed by atoms with E-state index >= 15 is 0 Å². The van der Waals surface area contributed by atoms with Gasteiger partial charge in [0.25, 0.3) is 0 Å². The van der Waals surface area contributed by atoms with Gasteiger partial charge in [0.15, 0.2) is 0 Å². The van der Waals surface area contributed by atoms with E-state index < -0.39 is 0 Å². The highest BCUT2D eigenvalue weighted by Gasteiger charge is 2.17. The molecule has 0 aromatic heterocycles. The van der Waals surface area contributed by atoms with Gasteiger partial charge in [0, 0.05) is 49.2 Å². The standard InChI is InChI=1S/C27H36N4O6/c1-19-26(36)24(28-20-2-6-22(7-3-20)30(10-14-32)11-15-33)18-25(27(19)37)29-21-4-8-23(9-5-21)31(12-16-34)13-17-35/h2-9,18,22,29,32-37H,10-17H2,1H3. The number of hydrogen-bond acceptors (Lipinski definition) is 10. The number of nitrogens with zero attached hydrogens (tertiary/aromatic N) is 3. The quantitative estimate of drug-likeness (QED) is 0.157. The second-order valence-corrected chi connectivity index (χ2v) is 8.60. The SMILES string of the molecule is Cc1c(O)c(N=C2C=CC(N(CCO)CCO)C=C2)cc(Nc2ccc(N(CCO)CCO)cc2)c1O. The molecule has 3 rings (SSSR count). The molecule has 0 amide bonds. The van der Waals surface area contributed by atoms with Crippen LogP contribution in [0.4, 0.5) is 22.7 Å². The molecule has 200 valence electrons. The largest absolute Gasteiger partial charge is 0.505 e. The van der Waals surface area contributed by atoms with Crippen molar-refractivity contribution in [2.45, 2.75) is 13.0 Å². The smallest absolute Gasteiger partial charge is 0.147 e. The normalized spacial score (nSPS) is 14.9. The summed E-state index contributed by atoms with van der Waals surface area (Å²) in [4.78, 5) is 8.36. The van der Waals surface area contributed by atoms with Crippen LogP contribution in [0.5, 0.6) is 11.5 Å². The highest BCUT2D eigenvalue weighted by molar-refractivity contribution is 6.06. The van der Waals surface area contributed by atoms with E-state index in [1.165, 1.54) is 0 Å². The summed E-state index contributed by atoms with van der Waals surface area (Å²) in [5, 5.41) is 61.5. The fraction of sp³-hybridized carbons (Fsp3) is 0.370. The van der Waals surface area contributed by atoms with Crippen molar-refractivity contribution in [3.63, 3.8) is 0 Å². The number of allylic oxidation sites excluding steroid dienone is 2. The molecule has 10 nitrogen and oxygen atoms in total. The zero-order chi connectivity index (χ0) is 26.8. The van der Waals surface area contributed by atoms with E-state index in [9.17, 15) is 30.6 Å². The molecule has 10 heteroatoms. The van der Waals surface area contributed by atoms with E-state index in [0.29, 0.717) is 43.3 Å². The van der Waals surface area contributed by atoms with Crippen LogP contribution < -0.4 is 10.2 Å². The number of benzene rings is 2. The van der Waals surface area contributed by atoms with Gasteiger partial charge >= 0.3 is 0 Å². The van der Waals surface area contributed by atoms with Crippen molar-refractivity contribution in [3.8, 4) is 11.5 Å². The first kappa shape index (κ1) is 28.2. The average Bonchev–Trinajstić information content (AvgIpc) is 2.91. The molecule has 0 radical (unpaired) electrons. The summed E-state index contributed by atoms with van der Waals surface area (Å²) in [5.41, 5.74) is 3.10. The van der Waals surface area contributed by atoms with Crippen LogP contribution in [0.1, 0.15) is 5.56 Å². The average molecular weight is 513 g/mol. The third-order valence-electron chi connectivity index (χ3n) is 6.11. The molecule has 0 spiro atoms. The Kier molecular flexibility index (Phi) is 10.5.